The van der Waals surface area contributed by atoms with Crippen molar-refractivity contribution in [1.29, 1.82) is 0 Å². The Kier molecular flexibility index (Phi) is 6.92. The molecule has 5 heterocycles. The Balaban J connectivity index is 1.57. The molecule has 11 nitrogen and oxygen atoms in total. The number of nitrogens with one attached hydrogen (secondary N) is 2. The van der Waals surface area contributed by atoms with E-state index in [1.54, 1.807) is 6.07 Å². The normalized spacial score (nSPS) is 17.4. The molecule has 0 bridgehead atoms. The molecule has 1 amide bonds. The van der Waals surface area contributed by atoms with Crippen LogP contribution in [0.1, 0.15) is 15.9 Å². The van der Waals surface area contributed by atoms with Crippen LogP contribution < -0.4 is 20.9 Å². The Bertz CT molecular complexity index is 1420. The minimum Gasteiger partial charge on any atom is -0.495 e. The number of carbonyl (C=O) groups is 1. The molecule has 0 aromatic carbocycles. The molecular weight excluding hydrogens is 510 g/mol. The van der Waals surface area contributed by atoms with E-state index in [0.29, 0.717) is 19.0 Å². The second-order valence-corrected chi connectivity index (χ2v) is 8.79. The quantitative estimate of drug-likeness (QED) is 0.450. The third-order valence-electron chi connectivity index (χ3n) is 5.56. The summed E-state index contributed by atoms with van der Waals surface area (Å²) in [5.41, 5.74) is 1.53. The topological polar surface area (TPSA) is 129 Å². The van der Waals surface area contributed by atoms with Crippen LogP contribution in [0, 0.1) is 0 Å². The van der Waals surface area contributed by atoms with Crippen molar-refractivity contribution in [1.82, 2.24) is 25.1 Å². The van der Waals surface area contributed by atoms with Crippen LogP contribution in [0.15, 0.2) is 58.9 Å². The van der Waals surface area contributed by atoms with Gasteiger partial charge in [-0.05, 0) is 18.2 Å². The van der Waals surface area contributed by atoms with Gasteiger partial charge in [0.05, 0.1) is 25.9 Å². The van der Waals surface area contributed by atoms with E-state index in [4.69, 9.17) is 14.2 Å². The maximum Gasteiger partial charge on any atom is 0.261 e. The number of nitrogens with zero attached hydrogens (tertiary/aromatic N) is 4. The maximum atomic E-state index is 13.6. The number of dihydropyridines is 1. The van der Waals surface area contributed by atoms with E-state index in [2.05, 4.69) is 25.8 Å². The third-order valence-corrected chi connectivity index (χ3v) is 6.17. The van der Waals surface area contributed by atoms with Gasteiger partial charge >= 0.3 is 0 Å². The highest BCUT2D eigenvalue weighted by Gasteiger charge is 2.27. The highest BCUT2D eigenvalue weighted by atomic mass is 32.1. The summed E-state index contributed by atoms with van der Waals surface area (Å²) in [4.78, 5) is 30.3. The Morgan fingerprint density at radius 1 is 1.35 bits per heavy atom. The monoisotopic (exact) mass is 530 g/mol. The number of amides is 1. The first-order valence-electron chi connectivity index (χ1n) is 11.0. The summed E-state index contributed by atoms with van der Waals surface area (Å²) in [5.74, 6) is 0.175. The molecule has 0 spiro atoms. The van der Waals surface area contributed by atoms with Gasteiger partial charge in [-0.3, -0.25) is 19.5 Å². The molecule has 14 heteroatoms. The first kappa shape index (κ1) is 24.5. The van der Waals surface area contributed by atoms with Crippen LogP contribution >= 0.6 is 11.3 Å². The fourth-order valence-electron chi connectivity index (χ4n) is 3.67. The summed E-state index contributed by atoms with van der Waals surface area (Å²) >= 11 is 1.11. The molecule has 192 valence electrons. The molecule has 1 atom stereocenters. The van der Waals surface area contributed by atoms with Gasteiger partial charge in [-0.2, -0.15) is 0 Å². The minimum absolute atomic E-state index is 0.0565. The Morgan fingerprint density at radius 3 is 2.84 bits per heavy atom. The van der Waals surface area contributed by atoms with Crippen molar-refractivity contribution in [3.63, 3.8) is 0 Å². The predicted octanol–water partition coefficient (Wildman–Crippen LogP) is 2.22. The maximum absolute atomic E-state index is 13.6. The number of hydrogen-bond acceptors (Lipinski definition) is 10. The van der Waals surface area contributed by atoms with Gasteiger partial charge in [0.25, 0.3) is 17.9 Å². The van der Waals surface area contributed by atoms with Crippen LogP contribution in [0.3, 0.4) is 0 Å². The van der Waals surface area contributed by atoms with Gasteiger partial charge in [-0.15, -0.1) is 10.2 Å². The van der Waals surface area contributed by atoms with E-state index in [-0.39, 0.29) is 39.5 Å². The fraction of sp³-hybridized carbons (Fsp3) is 0.261. The van der Waals surface area contributed by atoms with Crippen LogP contribution in [-0.4, -0.2) is 64.6 Å². The molecule has 2 aliphatic rings. The molecule has 0 saturated carbocycles. The Labute approximate surface area is 212 Å². The van der Waals surface area contributed by atoms with E-state index in [1.165, 1.54) is 54.0 Å². The first-order chi connectivity index (χ1) is 17.9. The molecule has 0 radical (unpaired) electrons. The van der Waals surface area contributed by atoms with Crippen molar-refractivity contribution in [2.24, 2.45) is 0 Å². The SMILES string of the molecule is COC1=CNC(C(F)F)C=C1c1cc(-n2ccc(OC3COC3)cc2=O)ncc1C(=O)Nc1nncs1. The van der Waals surface area contributed by atoms with E-state index >= 15 is 0 Å². The zero-order valence-electron chi connectivity index (χ0n) is 19.3. The first-order valence-corrected chi connectivity index (χ1v) is 11.9. The number of rotatable bonds is 8. The lowest BCUT2D eigenvalue weighted by Crippen LogP contribution is -2.38. The van der Waals surface area contributed by atoms with Crippen LogP contribution in [-0.2, 0) is 9.47 Å². The fourth-order valence-corrected chi connectivity index (χ4v) is 4.11. The van der Waals surface area contributed by atoms with Crippen molar-refractivity contribution >= 4 is 27.9 Å². The zero-order valence-corrected chi connectivity index (χ0v) is 20.1. The van der Waals surface area contributed by atoms with E-state index in [1.807, 2.05) is 0 Å². The molecule has 1 fully saturated rings. The zero-order chi connectivity index (χ0) is 25.9. The van der Waals surface area contributed by atoms with E-state index in [9.17, 15) is 18.4 Å². The van der Waals surface area contributed by atoms with Gasteiger partial charge in [0.1, 0.15) is 35.0 Å². The molecule has 3 aromatic rings. The molecule has 3 aromatic heterocycles. The standard InChI is InChI=1S/C23H20F2N6O5S/c1-34-18-8-26-17(21(24)25)5-15(18)14-6-19(27-7-16(14)22(33)29-23-30-28-11-37-23)31-3-2-12(4-20(31)32)36-13-9-35-10-13/h2-8,11,13,17,21,26H,9-10H2,1H3,(H,29,30,33). The predicted molar refractivity (Wildman–Crippen MR) is 129 cm³/mol. The average molecular weight is 531 g/mol. The van der Waals surface area contributed by atoms with Crippen LogP contribution in [0.5, 0.6) is 5.75 Å². The average Bonchev–Trinajstić information content (AvgIpc) is 3.38. The largest absolute Gasteiger partial charge is 0.495 e. The number of carbonyl (C=O) groups excluding carboxylic acids is 1. The number of ether oxygens (including phenoxy) is 3. The summed E-state index contributed by atoms with van der Waals surface area (Å²) < 4.78 is 44.5. The Hall–Kier alpha value is -4.17. The molecule has 5 rings (SSSR count). The smallest absolute Gasteiger partial charge is 0.261 e. The number of anilines is 1. The van der Waals surface area contributed by atoms with Crippen molar-refractivity contribution in [3.8, 4) is 11.6 Å². The third kappa shape index (κ3) is 5.20. The summed E-state index contributed by atoms with van der Waals surface area (Å²) in [6.45, 7) is 0.904. The van der Waals surface area contributed by atoms with Crippen molar-refractivity contribution in [2.45, 2.75) is 18.6 Å². The van der Waals surface area contributed by atoms with Gasteiger partial charge in [0.2, 0.25) is 5.13 Å². The molecule has 2 aliphatic heterocycles. The van der Waals surface area contributed by atoms with Gasteiger partial charge in [0.15, 0.2) is 0 Å². The molecule has 37 heavy (non-hydrogen) atoms. The second kappa shape index (κ2) is 10.4. The number of allylic oxidation sites excluding steroid dienone is 1. The molecule has 0 aliphatic carbocycles. The second-order valence-electron chi connectivity index (χ2n) is 7.95. The highest BCUT2D eigenvalue weighted by molar-refractivity contribution is 7.13. The molecule has 1 saturated heterocycles. The summed E-state index contributed by atoms with van der Waals surface area (Å²) in [6.07, 6.45) is 2.49. The number of hydrogen-bond donors (Lipinski definition) is 2. The number of aromatic nitrogens is 4. The van der Waals surface area contributed by atoms with Crippen LogP contribution in [0.2, 0.25) is 0 Å². The lowest BCUT2D eigenvalue weighted by molar-refractivity contribution is -0.0797. The van der Waals surface area contributed by atoms with Crippen LogP contribution in [0.25, 0.3) is 11.4 Å². The van der Waals surface area contributed by atoms with Gasteiger partial charge in [-0.25, -0.2) is 13.8 Å². The lowest BCUT2D eigenvalue weighted by Gasteiger charge is -2.26. The lowest BCUT2D eigenvalue weighted by atomic mass is 9.95. The highest BCUT2D eigenvalue weighted by Crippen LogP contribution is 2.31. The molecule has 1 unspecified atom stereocenters. The summed E-state index contributed by atoms with van der Waals surface area (Å²) in [5, 5.41) is 12.9. The van der Waals surface area contributed by atoms with Crippen LogP contribution in [0.4, 0.5) is 13.9 Å². The van der Waals surface area contributed by atoms with Crippen molar-refractivity contribution in [3.05, 3.63) is 75.6 Å². The summed E-state index contributed by atoms with van der Waals surface area (Å²) in [6, 6.07) is 3.06. The number of alkyl halides is 2. The summed E-state index contributed by atoms with van der Waals surface area (Å²) in [7, 11) is 1.38. The van der Waals surface area contributed by atoms with Gasteiger partial charge < -0.3 is 19.5 Å². The van der Waals surface area contributed by atoms with Gasteiger partial charge in [0, 0.05) is 35.8 Å². The van der Waals surface area contributed by atoms with Gasteiger partial charge in [-0.1, -0.05) is 11.3 Å². The minimum atomic E-state index is -2.72. The van der Waals surface area contributed by atoms with Crippen molar-refractivity contribution in [2.75, 3.05) is 25.6 Å². The van der Waals surface area contributed by atoms with E-state index in [0.717, 1.165) is 11.3 Å². The number of methoxy groups -OCH3 is 1. The van der Waals surface area contributed by atoms with Crippen molar-refractivity contribution < 1.29 is 27.8 Å². The van der Waals surface area contributed by atoms with E-state index < -0.39 is 23.9 Å². The molecule has 2 N–H and O–H groups in total. The Morgan fingerprint density at radius 2 is 2.19 bits per heavy atom. The number of halogens is 2. The number of pyridine rings is 2. The molecular formula is C23H20F2N6O5S.